The van der Waals surface area contributed by atoms with E-state index in [9.17, 15) is 0 Å². The summed E-state index contributed by atoms with van der Waals surface area (Å²) in [6.45, 7) is 2.01. The van der Waals surface area contributed by atoms with Crippen LogP contribution in [0.4, 0.5) is 0 Å². The van der Waals surface area contributed by atoms with E-state index in [-0.39, 0.29) is 0 Å². The fourth-order valence-electron chi connectivity index (χ4n) is 3.15. The van der Waals surface area contributed by atoms with Gasteiger partial charge in [0.1, 0.15) is 12.7 Å². The molecule has 2 aromatic heterocycles. The summed E-state index contributed by atoms with van der Waals surface area (Å²) in [5.41, 5.74) is 8.86. The van der Waals surface area contributed by atoms with Gasteiger partial charge in [0.2, 0.25) is 0 Å². The van der Waals surface area contributed by atoms with E-state index in [1.54, 1.807) is 11.0 Å². The van der Waals surface area contributed by atoms with E-state index in [2.05, 4.69) is 20.2 Å². The Kier molecular flexibility index (Phi) is 3.23. The molecule has 4 rings (SSSR count). The van der Waals surface area contributed by atoms with Gasteiger partial charge in [-0.15, -0.1) is 0 Å². The molecular formula is C16H18N6O. The minimum atomic E-state index is -0.433. The molecule has 1 aromatic carbocycles. The summed E-state index contributed by atoms with van der Waals surface area (Å²) in [6, 6.07) is 5.92. The van der Waals surface area contributed by atoms with Crippen LogP contribution in [0.2, 0.25) is 0 Å². The third-order valence-corrected chi connectivity index (χ3v) is 4.48. The zero-order valence-corrected chi connectivity index (χ0v) is 12.9. The van der Waals surface area contributed by atoms with E-state index in [0.717, 1.165) is 42.5 Å². The van der Waals surface area contributed by atoms with Crippen molar-refractivity contribution in [2.75, 3.05) is 0 Å². The number of nitrogens with two attached hydrogens (primary N) is 1. The van der Waals surface area contributed by atoms with E-state index in [1.807, 2.05) is 25.1 Å². The average molecular weight is 310 g/mol. The van der Waals surface area contributed by atoms with Gasteiger partial charge in [-0.25, -0.2) is 9.67 Å². The van der Waals surface area contributed by atoms with Gasteiger partial charge in [-0.3, -0.25) is 0 Å². The van der Waals surface area contributed by atoms with Crippen LogP contribution in [0.5, 0.6) is 0 Å². The number of nitrogens with zero attached hydrogens (tertiary/aromatic N) is 5. The maximum atomic E-state index is 6.39. The zero-order chi connectivity index (χ0) is 15.9. The Morgan fingerprint density at radius 1 is 1.26 bits per heavy atom. The SMILES string of the molecule is Cc1cc(-c2nc(C3(N)CCCC3)no2)ccc1-n1cncn1. The van der Waals surface area contributed by atoms with Crippen LogP contribution in [0.3, 0.4) is 0 Å². The number of hydrogen-bond acceptors (Lipinski definition) is 6. The molecule has 0 bridgehead atoms. The summed E-state index contributed by atoms with van der Waals surface area (Å²) < 4.78 is 7.17. The van der Waals surface area contributed by atoms with Crippen LogP contribution in [-0.2, 0) is 5.54 Å². The van der Waals surface area contributed by atoms with Gasteiger partial charge in [-0.2, -0.15) is 10.1 Å². The summed E-state index contributed by atoms with van der Waals surface area (Å²) >= 11 is 0. The standard InChI is InChI=1S/C16H18N6O/c1-11-8-12(4-5-13(11)22-10-18-9-19-22)14-20-15(21-23-14)16(17)6-2-3-7-16/h4-5,8-10H,2-3,6-7,17H2,1H3. The number of rotatable bonds is 3. The molecule has 1 aliphatic rings. The Balaban J connectivity index is 1.66. The smallest absolute Gasteiger partial charge is 0.258 e. The van der Waals surface area contributed by atoms with Crippen LogP contribution in [-0.4, -0.2) is 24.9 Å². The minimum Gasteiger partial charge on any atom is -0.334 e. The fraction of sp³-hybridized carbons (Fsp3) is 0.375. The molecule has 0 unspecified atom stereocenters. The first-order chi connectivity index (χ1) is 11.2. The van der Waals surface area contributed by atoms with E-state index in [0.29, 0.717) is 11.7 Å². The van der Waals surface area contributed by atoms with Crippen molar-refractivity contribution in [1.29, 1.82) is 0 Å². The van der Waals surface area contributed by atoms with Crippen LogP contribution in [0, 0.1) is 6.92 Å². The summed E-state index contributed by atoms with van der Waals surface area (Å²) in [5, 5.41) is 8.26. The van der Waals surface area contributed by atoms with Gasteiger partial charge < -0.3 is 10.3 Å². The van der Waals surface area contributed by atoms with Crippen molar-refractivity contribution in [3.63, 3.8) is 0 Å². The van der Waals surface area contributed by atoms with Crippen LogP contribution in [0.1, 0.15) is 37.1 Å². The van der Waals surface area contributed by atoms with Crippen molar-refractivity contribution in [2.45, 2.75) is 38.1 Å². The molecule has 7 nitrogen and oxygen atoms in total. The molecule has 0 radical (unpaired) electrons. The summed E-state index contributed by atoms with van der Waals surface area (Å²) in [4.78, 5) is 8.50. The van der Waals surface area contributed by atoms with Gasteiger partial charge in [0.15, 0.2) is 5.82 Å². The zero-order valence-electron chi connectivity index (χ0n) is 12.9. The van der Waals surface area contributed by atoms with Gasteiger partial charge >= 0.3 is 0 Å². The van der Waals surface area contributed by atoms with E-state index in [4.69, 9.17) is 10.3 Å². The highest BCUT2D eigenvalue weighted by atomic mass is 16.5. The molecule has 1 saturated carbocycles. The van der Waals surface area contributed by atoms with Gasteiger partial charge in [0.25, 0.3) is 5.89 Å². The van der Waals surface area contributed by atoms with Crippen molar-refractivity contribution in [3.8, 4) is 17.1 Å². The highest BCUT2D eigenvalue weighted by molar-refractivity contribution is 5.58. The van der Waals surface area contributed by atoms with Gasteiger partial charge in [-0.1, -0.05) is 18.0 Å². The van der Waals surface area contributed by atoms with Crippen molar-refractivity contribution < 1.29 is 4.52 Å². The largest absolute Gasteiger partial charge is 0.334 e. The predicted molar refractivity (Wildman–Crippen MR) is 83.7 cm³/mol. The molecule has 118 valence electrons. The lowest BCUT2D eigenvalue weighted by Crippen LogP contribution is -2.34. The molecule has 2 heterocycles. The summed E-state index contributed by atoms with van der Waals surface area (Å²) in [7, 11) is 0. The molecule has 23 heavy (non-hydrogen) atoms. The molecule has 1 aliphatic carbocycles. The third-order valence-electron chi connectivity index (χ3n) is 4.48. The van der Waals surface area contributed by atoms with E-state index in [1.165, 1.54) is 6.33 Å². The molecule has 0 saturated heterocycles. The Morgan fingerprint density at radius 2 is 2.09 bits per heavy atom. The van der Waals surface area contributed by atoms with Crippen LogP contribution in [0.25, 0.3) is 17.1 Å². The summed E-state index contributed by atoms with van der Waals surface area (Å²) in [5.74, 6) is 1.12. The Bertz CT molecular complexity index is 817. The van der Waals surface area contributed by atoms with E-state index < -0.39 is 5.54 Å². The molecule has 0 spiro atoms. The molecule has 2 N–H and O–H groups in total. The van der Waals surface area contributed by atoms with Crippen LogP contribution < -0.4 is 5.73 Å². The monoisotopic (exact) mass is 310 g/mol. The molecule has 0 aliphatic heterocycles. The maximum absolute atomic E-state index is 6.39. The first-order valence-electron chi connectivity index (χ1n) is 7.75. The van der Waals surface area contributed by atoms with Gasteiger partial charge in [0.05, 0.1) is 11.2 Å². The Morgan fingerprint density at radius 3 is 2.78 bits per heavy atom. The van der Waals surface area contributed by atoms with Crippen LogP contribution in [0.15, 0.2) is 35.4 Å². The number of aromatic nitrogens is 5. The predicted octanol–water partition coefficient (Wildman–Crippen LogP) is 2.35. The van der Waals surface area contributed by atoms with Crippen molar-refractivity contribution in [2.24, 2.45) is 5.73 Å². The van der Waals surface area contributed by atoms with E-state index >= 15 is 0 Å². The van der Waals surface area contributed by atoms with Crippen LogP contribution >= 0.6 is 0 Å². The topological polar surface area (TPSA) is 95.7 Å². The average Bonchev–Trinajstić information content (AvgIpc) is 3.29. The number of aryl methyl sites for hydroxylation is 1. The Labute approximate surface area is 133 Å². The highest BCUT2D eigenvalue weighted by Gasteiger charge is 2.36. The minimum absolute atomic E-state index is 0.433. The molecule has 0 atom stereocenters. The lowest BCUT2D eigenvalue weighted by Gasteiger charge is -2.17. The van der Waals surface area contributed by atoms with Gasteiger partial charge in [-0.05, 0) is 43.5 Å². The lowest BCUT2D eigenvalue weighted by atomic mass is 9.98. The molecule has 3 aromatic rings. The van der Waals surface area contributed by atoms with Gasteiger partial charge in [0, 0.05) is 5.56 Å². The molecular weight excluding hydrogens is 292 g/mol. The Hall–Kier alpha value is -2.54. The number of hydrogen-bond donors (Lipinski definition) is 1. The summed E-state index contributed by atoms with van der Waals surface area (Å²) in [6.07, 6.45) is 7.25. The molecule has 1 fully saturated rings. The van der Waals surface area contributed by atoms with Crippen molar-refractivity contribution in [1.82, 2.24) is 24.9 Å². The molecule has 0 amide bonds. The second-order valence-electron chi connectivity index (χ2n) is 6.13. The first-order valence-corrected chi connectivity index (χ1v) is 7.75. The molecule has 7 heteroatoms. The third kappa shape index (κ3) is 2.43. The lowest BCUT2D eigenvalue weighted by molar-refractivity contribution is 0.372. The van der Waals surface area contributed by atoms with Crippen molar-refractivity contribution >= 4 is 0 Å². The number of benzene rings is 1. The van der Waals surface area contributed by atoms with Crippen molar-refractivity contribution in [3.05, 3.63) is 42.2 Å². The second-order valence-corrected chi connectivity index (χ2v) is 6.13. The first kappa shape index (κ1) is 14.1. The fourth-order valence-corrected chi connectivity index (χ4v) is 3.15. The second kappa shape index (κ2) is 5.27. The highest BCUT2D eigenvalue weighted by Crippen LogP contribution is 2.35. The quantitative estimate of drug-likeness (QED) is 0.797. The normalized spacial score (nSPS) is 16.8. The maximum Gasteiger partial charge on any atom is 0.258 e.